The normalized spacial score (nSPS) is 17.5. The van der Waals surface area contributed by atoms with Crippen molar-refractivity contribution >= 4 is 27.8 Å². The maximum Gasteiger partial charge on any atom is 0.331 e. The van der Waals surface area contributed by atoms with E-state index in [0.717, 1.165) is 47.7 Å². The number of carboxylic acids is 1. The molecule has 0 saturated heterocycles. The first kappa shape index (κ1) is 20.7. The highest BCUT2D eigenvalue weighted by Crippen LogP contribution is 2.46. The number of primary amides is 1. The molecule has 5 heteroatoms. The van der Waals surface area contributed by atoms with Gasteiger partial charge in [0, 0.05) is 16.5 Å². The number of carboxylic acid groups (broad SMARTS) is 1. The predicted molar refractivity (Wildman–Crippen MR) is 107 cm³/mol. The summed E-state index contributed by atoms with van der Waals surface area (Å²) in [4.78, 5) is 24.7. The minimum absolute atomic E-state index is 0.316. The summed E-state index contributed by atoms with van der Waals surface area (Å²) >= 11 is 3.40. The van der Waals surface area contributed by atoms with E-state index in [2.05, 4.69) is 22.9 Å². The van der Waals surface area contributed by atoms with Crippen LogP contribution in [0.4, 0.5) is 0 Å². The lowest BCUT2D eigenvalue weighted by Gasteiger charge is -2.38. The quantitative estimate of drug-likeness (QED) is 0.579. The number of rotatable bonds is 8. The number of aliphatic carboxylic acids is 1. The molecule has 1 aliphatic carbocycles. The Kier molecular flexibility index (Phi) is 7.44. The summed E-state index contributed by atoms with van der Waals surface area (Å²) in [7, 11) is 0. The van der Waals surface area contributed by atoms with Crippen LogP contribution in [0.3, 0.4) is 0 Å². The Morgan fingerprint density at radius 2 is 1.77 bits per heavy atom. The van der Waals surface area contributed by atoms with Gasteiger partial charge in [0.1, 0.15) is 0 Å². The van der Waals surface area contributed by atoms with Crippen molar-refractivity contribution in [1.82, 2.24) is 0 Å². The van der Waals surface area contributed by atoms with Crippen LogP contribution >= 0.6 is 15.9 Å². The van der Waals surface area contributed by atoms with Crippen molar-refractivity contribution in [2.45, 2.75) is 64.7 Å². The Bertz CT molecular complexity index is 673. The van der Waals surface area contributed by atoms with Gasteiger partial charge in [-0.15, -0.1) is 0 Å². The van der Waals surface area contributed by atoms with Crippen molar-refractivity contribution in [3.63, 3.8) is 0 Å². The third kappa shape index (κ3) is 4.76. The van der Waals surface area contributed by atoms with Gasteiger partial charge in [-0.25, -0.2) is 4.79 Å². The number of nitrogens with two attached hydrogens (primary N) is 1. The van der Waals surface area contributed by atoms with Crippen LogP contribution in [-0.2, 0) is 16.0 Å². The third-order valence-electron chi connectivity index (χ3n) is 5.45. The standard InChI is InChI=1S/C21H28BrNO3/c1-2-3-7-18(21(20(23)26)12-5-4-6-13-21)17(19(24)25)14-15-8-10-16(22)11-9-15/h8-11H,2-7,12-14H2,1H3,(H2,23,26)(H,24,25)/b18-17+. The van der Waals surface area contributed by atoms with E-state index in [4.69, 9.17) is 5.73 Å². The summed E-state index contributed by atoms with van der Waals surface area (Å²) in [6.07, 6.45) is 7.00. The molecule has 0 aromatic heterocycles. The largest absolute Gasteiger partial charge is 0.478 e. The fourth-order valence-corrected chi connectivity index (χ4v) is 4.27. The van der Waals surface area contributed by atoms with Crippen molar-refractivity contribution in [2.75, 3.05) is 0 Å². The highest BCUT2D eigenvalue weighted by molar-refractivity contribution is 9.10. The maximum absolute atomic E-state index is 12.5. The lowest BCUT2D eigenvalue weighted by molar-refractivity contribution is -0.133. The molecule has 1 fully saturated rings. The van der Waals surface area contributed by atoms with Crippen LogP contribution in [0.15, 0.2) is 39.9 Å². The SMILES string of the molecule is CCCC/C(=C(/Cc1ccc(Br)cc1)C(=O)O)C1(C(N)=O)CCCCC1. The average Bonchev–Trinajstić information content (AvgIpc) is 2.63. The van der Waals surface area contributed by atoms with Gasteiger partial charge in [0.15, 0.2) is 0 Å². The second-order valence-electron chi connectivity index (χ2n) is 7.18. The number of benzene rings is 1. The highest BCUT2D eigenvalue weighted by atomic mass is 79.9. The third-order valence-corrected chi connectivity index (χ3v) is 5.98. The zero-order chi connectivity index (χ0) is 19.2. The van der Waals surface area contributed by atoms with Crippen LogP contribution in [-0.4, -0.2) is 17.0 Å². The first-order valence-corrected chi connectivity index (χ1v) is 10.2. The van der Waals surface area contributed by atoms with Crippen LogP contribution in [0, 0.1) is 5.41 Å². The molecule has 0 aliphatic heterocycles. The van der Waals surface area contributed by atoms with Gasteiger partial charge in [-0.3, -0.25) is 4.79 Å². The van der Waals surface area contributed by atoms with Gasteiger partial charge in [0.25, 0.3) is 0 Å². The van der Waals surface area contributed by atoms with Gasteiger partial charge in [0.05, 0.1) is 5.41 Å². The number of halogens is 1. The highest BCUT2D eigenvalue weighted by Gasteiger charge is 2.43. The van der Waals surface area contributed by atoms with Crippen LogP contribution in [0.1, 0.15) is 63.9 Å². The Labute approximate surface area is 164 Å². The Morgan fingerprint density at radius 3 is 2.27 bits per heavy atom. The van der Waals surface area contributed by atoms with Crippen molar-refractivity contribution in [3.05, 3.63) is 45.4 Å². The molecule has 0 atom stereocenters. The van der Waals surface area contributed by atoms with E-state index >= 15 is 0 Å². The molecule has 1 aliphatic rings. The van der Waals surface area contributed by atoms with Gasteiger partial charge < -0.3 is 10.8 Å². The number of carbonyl (C=O) groups excluding carboxylic acids is 1. The fraction of sp³-hybridized carbons (Fsp3) is 0.524. The molecule has 0 unspecified atom stereocenters. The van der Waals surface area contributed by atoms with E-state index in [1.54, 1.807) is 0 Å². The summed E-state index contributed by atoms with van der Waals surface area (Å²) < 4.78 is 0.953. The minimum atomic E-state index is -0.940. The van der Waals surface area contributed by atoms with Crippen LogP contribution in [0.25, 0.3) is 0 Å². The van der Waals surface area contributed by atoms with Crippen LogP contribution in [0.5, 0.6) is 0 Å². The molecule has 26 heavy (non-hydrogen) atoms. The summed E-state index contributed by atoms with van der Waals surface area (Å²) in [6.45, 7) is 2.07. The topological polar surface area (TPSA) is 80.4 Å². The molecule has 0 radical (unpaired) electrons. The monoisotopic (exact) mass is 421 g/mol. The zero-order valence-electron chi connectivity index (χ0n) is 15.4. The van der Waals surface area contributed by atoms with Gasteiger partial charge in [-0.2, -0.15) is 0 Å². The summed E-state index contributed by atoms with van der Waals surface area (Å²) in [5, 5.41) is 9.97. The molecule has 0 heterocycles. The number of carbonyl (C=O) groups is 2. The van der Waals surface area contributed by atoms with E-state index in [0.29, 0.717) is 31.3 Å². The van der Waals surface area contributed by atoms with E-state index < -0.39 is 11.4 Å². The van der Waals surface area contributed by atoms with Gasteiger partial charge in [-0.05, 0) is 49.0 Å². The molecule has 0 spiro atoms. The average molecular weight is 422 g/mol. The lowest BCUT2D eigenvalue weighted by atomic mass is 9.65. The van der Waals surface area contributed by atoms with E-state index in [1.807, 2.05) is 24.3 Å². The van der Waals surface area contributed by atoms with Gasteiger partial charge >= 0.3 is 5.97 Å². The zero-order valence-corrected chi connectivity index (χ0v) is 17.0. The first-order chi connectivity index (χ1) is 12.4. The Balaban J connectivity index is 2.53. The molecule has 1 aromatic rings. The molecule has 1 saturated carbocycles. The van der Waals surface area contributed by atoms with Crippen LogP contribution < -0.4 is 5.73 Å². The van der Waals surface area contributed by atoms with Crippen LogP contribution in [0.2, 0.25) is 0 Å². The number of amides is 1. The second-order valence-corrected chi connectivity index (χ2v) is 8.09. The fourth-order valence-electron chi connectivity index (χ4n) is 4.00. The van der Waals surface area contributed by atoms with E-state index in [1.165, 1.54) is 0 Å². The second kappa shape index (κ2) is 9.36. The van der Waals surface area contributed by atoms with Crippen molar-refractivity contribution in [3.8, 4) is 0 Å². The summed E-state index contributed by atoms with van der Waals surface area (Å²) in [5.74, 6) is -1.30. The lowest BCUT2D eigenvalue weighted by Crippen LogP contribution is -2.41. The molecular weight excluding hydrogens is 394 g/mol. The van der Waals surface area contributed by atoms with Crippen molar-refractivity contribution in [1.29, 1.82) is 0 Å². The number of unbranched alkanes of at least 4 members (excludes halogenated alkanes) is 1. The van der Waals surface area contributed by atoms with Crippen molar-refractivity contribution in [2.24, 2.45) is 11.1 Å². The van der Waals surface area contributed by atoms with Gasteiger partial charge in [-0.1, -0.05) is 60.7 Å². The molecule has 3 N–H and O–H groups in total. The molecule has 1 amide bonds. The Hall–Kier alpha value is -1.62. The Morgan fingerprint density at radius 1 is 1.15 bits per heavy atom. The van der Waals surface area contributed by atoms with E-state index in [9.17, 15) is 14.7 Å². The van der Waals surface area contributed by atoms with E-state index in [-0.39, 0.29) is 5.91 Å². The number of hydrogen-bond acceptors (Lipinski definition) is 2. The first-order valence-electron chi connectivity index (χ1n) is 9.41. The predicted octanol–water partition coefficient (Wildman–Crippen LogP) is 5.00. The summed E-state index contributed by atoms with van der Waals surface area (Å²) in [6, 6.07) is 7.65. The molecule has 0 bridgehead atoms. The molecule has 4 nitrogen and oxygen atoms in total. The van der Waals surface area contributed by atoms with Gasteiger partial charge in [0.2, 0.25) is 5.91 Å². The molecule has 1 aromatic carbocycles. The molecular formula is C21H28BrNO3. The number of hydrogen-bond donors (Lipinski definition) is 2. The van der Waals surface area contributed by atoms with Crippen molar-refractivity contribution < 1.29 is 14.7 Å². The smallest absolute Gasteiger partial charge is 0.331 e. The summed E-state index contributed by atoms with van der Waals surface area (Å²) in [5.41, 5.74) is 7.10. The molecule has 2 rings (SSSR count). The molecule has 142 valence electrons. The maximum atomic E-state index is 12.5. The minimum Gasteiger partial charge on any atom is -0.478 e.